The van der Waals surface area contributed by atoms with Crippen LogP contribution < -0.4 is 5.73 Å². The van der Waals surface area contributed by atoms with Crippen LogP contribution in [0, 0.1) is 11.3 Å². The molecule has 0 amide bonds. The molecule has 0 spiro atoms. The van der Waals surface area contributed by atoms with Crippen LogP contribution in [0.1, 0.15) is 16.7 Å². The summed E-state index contributed by atoms with van der Waals surface area (Å²) in [7, 11) is 0. The van der Waals surface area contributed by atoms with Gasteiger partial charge in [0.15, 0.2) is 5.66 Å². The van der Waals surface area contributed by atoms with Crippen LogP contribution in [0.4, 0.5) is 0 Å². The summed E-state index contributed by atoms with van der Waals surface area (Å²) < 4.78 is 0. The zero-order valence-corrected chi connectivity index (χ0v) is 15.0. The van der Waals surface area contributed by atoms with Gasteiger partial charge < -0.3 is 0 Å². The number of aromatic nitrogens is 1. The molecular weight excluding hydrogens is 340 g/mol. The monoisotopic (exact) mass is 356 g/mol. The van der Waals surface area contributed by atoms with Gasteiger partial charge in [0.1, 0.15) is 6.07 Å². The summed E-state index contributed by atoms with van der Waals surface area (Å²) in [4.78, 5) is 10.2. The lowest BCUT2D eigenvalue weighted by atomic mass is 9.95. The van der Waals surface area contributed by atoms with Crippen molar-refractivity contribution < 1.29 is 0 Å². The molecule has 1 atom stereocenters. The van der Waals surface area contributed by atoms with Crippen LogP contribution in [0.3, 0.4) is 0 Å². The average molecular weight is 356 g/mol. The predicted molar refractivity (Wildman–Crippen MR) is 107 cm³/mol. The number of hydrogen-bond donors (Lipinski definition) is 1. The number of nitrogens with zero attached hydrogens (tertiary/aromatic N) is 3. The Kier molecular flexibility index (Phi) is 4.08. The molecule has 2 aromatic carbocycles. The molecule has 1 unspecified atom stereocenters. The van der Waals surface area contributed by atoms with Crippen LogP contribution in [0.15, 0.2) is 70.7 Å². The second kappa shape index (κ2) is 6.41. The number of hydrogen-bond acceptors (Lipinski definition) is 5. The summed E-state index contributed by atoms with van der Waals surface area (Å²) in [5, 5.41) is 9.96. The molecule has 26 heavy (non-hydrogen) atoms. The zero-order chi connectivity index (χ0) is 18.1. The number of pyridine rings is 1. The molecule has 5 heteroatoms. The van der Waals surface area contributed by atoms with Crippen molar-refractivity contribution in [1.82, 2.24) is 4.98 Å². The quantitative estimate of drug-likeness (QED) is 0.717. The van der Waals surface area contributed by atoms with Crippen LogP contribution in [0.2, 0.25) is 0 Å². The molecule has 126 valence electrons. The molecule has 2 heterocycles. The molecular formula is C21H16N4S. The summed E-state index contributed by atoms with van der Waals surface area (Å²) in [5.41, 5.74) is 9.87. The minimum absolute atomic E-state index is 0.528. The Labute approximate surface area is 156 Å². The second-order valence-electron chi connectivity index (χ2n) is 6.13. The van der Waals surface area contributed by atoms with Crippen molar-refractivity contribution in [2.75, 3.05) is 6.26 Å². The summed E-state index contributed by atoms with van der Waals surface area (Å²) in [6, 6.07) is 18.0. The van der Waals surface area contributed by atoms with E-state index in [2.05, 4.69) is 40.5 Å². The van der Waals surface area contributed by atoms with Crippen LogP contribution in [0.25, 0.3) is 16.5 Å². The summed E-state index contributed by atoms with van der Waals surface area (Å²) in [6.07, 6.45) is 7.42. The third-order valence-corrected chi connectivity index (χ3v) is 5.19. The van der Waals surface area contributed by atoms with Crippen molar-refractivity contribution in [2.24, 2.45) is 10.7 Å². The average Bonchev–Trinajstić information content (AvgIpc) is 3.10. The predicted octanol–water partition coefficient (Wildman–Crippen LogP) is 4.11. The first-order valence-corrected chi connectivity index (χ1v) is 9.36. The van der Waals surface area contributed by atoms with Gasteiger partial charge in [-0.1, -0.05) is 30.3 Å². The number of fused-ring (bicyclic) bond motifs is 1. The van der Waals surface area contributed by atoms with Gasteiger partial charge in [-0.3, -0.25) is 15.7 Å². The minimum Gasteiger partial charge on any atom is -0.300 e. The van der Waals surface area contributed by atoms with Crippen LogP contribution in [-0.2, 0) is 5.66 Å². The van der Waals surface area contributed by atoms with Gasteiger partial charge in [0.25, 0.3) is 0 Å². The van der Waals surface area contributed by atoms with Crippen molar-refractivity contribution in [3.8, 4) is 6.07 Å². The number of benzene rings is 2. The van der Waals surface area contributed by atoms with E-state index in [-0.39, 0.29) is 0 Å². The number of para-hydroxylation sites is 1. The largest absolute Gasteiger partial charge is 0.300 e. The first-order chi connectivity index (χ1) is 12.6. The molecule has 1 aliphatic rings. The first-order valence-electron chi connectivity index (χ1n) is 8.14. The maximum atomic E-state index is 9.08. The van der Waals surface area contributed by atoms with Gasteiger partial charge in [-0.05, 0) is 41.7 Å². The highest BCUT2D eigenvalue weighted by Crippen LogP contribution is 2.35. The molecule has 0 saturated carbocycles. The summed E-state index contributed by atoms with van der Waals surface area (Å²) in [5.74, 6) is 0. The van der Waals surface area contributed by atoms with Crippen LogP contribution in [-0.4, -0.2) is 17.5 Å². The van der Waals surface area contributed by atoms with E-state index >= 15 is 0 Å². The van der Waals surface area contributed by atoms with Gasteiger partial charge in [0.2, 0.25) is 0 Å². The lowest BCUT2D eigenvalue weighted by molar-refractivity contribution is 0.614. The SMILES string of the molecule is CSc1cccc(C2=CC(N)(c3cccc4cc(C#N)cnc34)N=C2)c1. The molecule has 0 saturated heterocycles. The van der Waals surface area contributed by atoms with Crippen molar-refractivity contribution in [2.45, 2.75) is 10.6 Å². The lowest BCUT2D eigenvalue weighted by Gasteiger charge is -2.20. The van der Waals surface area contributed by atoms with Gasteiger partial charge in [-0.25, -0.2) is 0 Å². The number of nitriles is 1. The number of thioether (sulfide) groups is 1. The fourth-order valence-corrected chi connectivity index (χ4v) is 3.60. The molecule has 4 rings (SSSR count). The van der Waals surface area contributed by atoms with E-state index in [0.29, 0.717) is 5.56 Å². The van der Waals surface area contributed by atoms with E-state index in [1.807, 2.05) is 42.6 Å². The molecule has 4 nitrogen and oxygen atoms in total. The van der Waals surface area contributed by atoms with Gasteiger partial charge in [-0.2, -0.15) is 5.26 Å². The van der Waals surface area contributed by atoms with Crippen LogP contribution in [0.5, 0.6) is 0 Å². The lowest BCUT2D eigenvalue weighted by Crippen LogP contribution is -2.31. The van der Waals surface area contributed by atoms with Crippen LogP contribution >= 0.6 is 11.8 Å². The van der Waals surface area contributed by atoms with Gasteiger partial charge in [0.05, 0.1) is 11.1 Å². The Morgan fingerprint density at radius 2 is 2.00 bits per heavy atom. The topological polar surface area (TPSA) is 75.1 Å². The third-order valence-electron chi connectivity index (χ3n) is 4.47. The van der Waals surface area contributed by atoms with Crippen molar-refractivity contribution in [3.05, 3.63) is 77.5 Å². The van der Waals surface area contributed by atoms with E-state index in [4.69, 9.17) is 11.0 Å². The van der Waals surface area contributed by atoms with Gasteiger partial charge >= 0.3 is 0 Å². The number of aliphatic imine (C=N–C) groups is 1. The Morgan fingerprint density at radius 1 is 1.15 bits per heavy atom. The highest BCUT2D eigenvalue weighted by atomic mass is 32.2. The van der Waals surface area contributed by atoms with Crippen molar-refractivity contribution >= 4 is 34.5 Å². The number of rotatable bonds is 3. The van der Waals surface area contributed by atoms with E-state index in [1.54, 1.807) is 18.0 Å². The molecule has 0 bridgehead atoms. The second-order valence-corrected chi connectivity index (χ2v) is 7.01. The Balaban J connectivity index is 1.81. The van der Waals surface area contributed by atoms with E-state index < -0.39 is 5.66 Å². The summed E-state index contributed by atoms with van der Waals surface area (Å²) in [6.45, 7) is 0. The normalized spacial score (nSPS) is 18.7. The van der Waals surface area contributed by atoms with Crippen molar-refractivity contribution in [3.63, 3.8) is 0 Å². The fourth-order valence-electron chi connectivity index (χ4n) is 3.14. The molecule has 0 aliphatic carbocycles. The van der Waals surface area contributed by atoms with Gasteiger partial charge in [-0.15, -0.1) is 11.8 Å². The van der Waals surface area contributed by atoms with E-state index in [0.717, 1.165) is 27.6 Å². The molecule has 0 fully saturated rings. The standard InChI is InChI=1S/C21H16N4S/c1-26-18-6-2-4-15(9-18)17-10-21(23,25-13-17)19-7-3-5-16-8-14(11-22)12-24-20(16)19/h2-10,12-13H,23H2,1H3. The number of allylic oxidation sites excluding steroid dienone is 1. The Bertz CT molecular complexity index is 1110. The zero-order valence-electron chi connectivity index (χ0n) is 14.2. The fraction of sp³-hybridized carbons (Fsp3) is 0.0952. The molecule has 2 N–H and O–H groups in total. The highest BCUT2D eigenvalue weighted by Gasteiger charge is 2.30. The Morgan fingerprint density at radius 3 is 2.81 bits per heavy atom. The molecule has 0 radical (unpaired) electrons. The Hall–Kier alpha value is -2.94. The number of nitrogens with two attached hydrogens (primary N) is 1. The maximum Gasteiger partial charge on any atom is 0.155 e. The van der Waals surface area contributed by atoms with Gasteiger partial charge in [0, 0.05) is 28.3 Å². The molecule has 1 aliphatic heterocycles. The summed E-state index contributed by atoms with van der Waals surface area (Å²) >= 11 is 1.70. The molecule has 3 aromatic rings. The third kappa shape index (κ3) is 2.80. The molecule has 1 aromatic heterocycles. The van der Waals surface area contributed by atoms with Crippen molar-refractivity contribution in [1.29, 1.82) is 5.26 Å². The smallest absolute Gasteiger partial charge is 0.155 e. The minimum atomic E-state index is -0.967. The maximum absolute atomic E-state index is 9.08. The first kappa shape index (κ1) is 16.5. The van der Waals surface area contributed by atoms with E-state index in [9.17, 15) is 0 Å². The highest BCUT2D eigenvalue weighted by molar-refractivity contribution is 7.98. The van der Waals surface area contributed by atoms with E-state index in [1.165, 1.54) is 4.90 Å².